The number of nitrogens with zero attached hydrogens (tertiary/aromatic N) is 3. The first-order valence-electron chi connectivity index (χ1n) is 22.3. The first kappa shape index (κ1) is 38.4. The summed E-state index contributed by atoms with van der Waals surface area (Å²) in [5.74, 6) is 0. The van der Waals surface area contributed by atoms with E-state index in [1.165, 1.54) is 89.2 Å². The van der Waals surface area contributed by atoms with E-state index < -0.39 is 0 Å². The largest absolute Gasteiger partial charge is 0.362 e. The summed E-state index contributed by atoms with van der Waals surface area (Å²) in [6.07, 6.45) is 18.0. The fourth-order valence-electron chi connectivity index (χ4n) is 10.0. The minimum atomic E-state index is -0.116. The molecule has 0 atom stereocenters. The molecule has 0 saturated heterocycles. The molecule has 306 valence electrons. The van der Waals surface area contributed by atoms with Crippen molar-refractivity contribution in [3.8, 4) is 5.69 Å². The van der Waals surface area contributed by atoms with Crippen LogP contribution in [0, 0.1) is 0 Å². The molecule has 0 radical (unpaired) electrons. The third kappa shape index (κ3) is 6.98. The fraction of sp³-hybridized carbons (Fsp3) is 0.119. The lowest BCUT2D eigenvalue weighted by Gasteiger charge is -2.39. The molecular formula is C59H50N4. The molecule has 2 aliphatic carbocycles. The number of hydrogen-bond donors (Lipinski definition) is 1. The molecule has 2 heterocycles. The highest BCUT2D eigenvalue weighted by molar-refractivity contribution is 6.10. The normalized spacial score (nSPS) is 16.9. The summed E-state index contributed by atoms with van der Waals surface area (Å²) in [4.78, 5) is 4.92. The zero-order valence-electron chi connectivity index (χ0n) is 35.9. The second-order valence-electron chi connectivity index (χ2n) is 17.3. The topological polar surface area (TPSA) is 23.4 Å². The van der Waals surface area contributed by atoms with Gasteiger partial charge < -0.3 is 19.7 Å². The van der Waals surface area contributed by atoms with Gasteiger partial charge in [-0.25, -0.2) is 0 Å². The molecule has 63 heavy (non-hydrogen) atoms. The minimum Gasteiger partial charge on any atom is -0.362 e. The van der Waals surface area contributed by atoms with Crippen molar-refractivity contribution in [2.24, 2.45) is 0 Å². The Kier molecular flexibility index (Phi) is 9.77. The van der Waals surface area contributed by atoms with Gasteiger partial charge in [0.2, 0.25) is 0 Å². The first-order valence-corrected chi connectivity index (χ1v) is 22.3. The Bertz CT molecular complexity index is 3160. The van der Waals surface area contributed by atoms with E-state index in [2.05, 4.69) is 246 Å². The van der Waals surface area contributed by atoms with E-state index >= 15 is 0 Å². The fourth-order valence-corrected chi connectivity index (χ4v) is 10.0. The Hall–Kier alpha value is -7.56. The van der Waals surface area contributed by atoms with Gasteiger partial charge in [-0.3, -0.25) is 0 Å². The number of anilines is 5. The summed E-state index contributed by atoms with van der Waals surface area (Å²) in [6, 6.07) is 61.9. The minimum absolute atomic E-state index is 0.116. The molecule has 0 fully saturated rings. The van der Waals surface area contributed by atoms with Crippen molar-refractivity contribution in [1.82, 2.24) is 4.57 Å². The van der Waals surface area contributed by atoms with Crippen LogP contribution < -0.4 is 15.1 Å². The number of rotatable bonds is 8. The van der Waals surface area contributed by atoms with Crippen molar-refractivity contribution < 1.29 is 0 Å². The lowest BCUT2D eigenvalue weighted by molar-refractivity contribution is 0.665. The molecule has 8 aromatic rings. The Labute approximate surface area is 370 Å². The molecule has 1 aromatic heterocycles. The van der Waals surface area contributed by atoms with Crippen LogP contribution in [0.25, 0.3) is 44.7 Å². The van der Waals surface area contributed by atoms with Crippen LogP contribution in [0.4, 0.5) is 28.4 Å². The van der Waals surface area contributed by atoms with Gasteiger partial charge in [-0.1, -0.05) is 141 Å². The molecule has 0 unspecified atom stereocenters. The van der Waals surface area contributed by atoms with Crippen LogP contribution in [-0.2, 0) is 5.41 Å². The molecule has 4 heteroatoms. The van der Waals surface area contributed by atoms with Crippen LogP contribution in [-0.4, -0.2) is 17.7 Å². The molecule has 0 saturated carbocycles. The average Bonchev–Trinajstić information content (AvgIpc) is 3.78. The van der Waals surface area contributed by atoms with Crippen LogP contribution in [0.2, 0.25) is 0 Å². The van der Waals surface area contributed by atoms with E-state index in [1.54, 1.807) is 0 Å². The number of fused-ring (bicyclic) bond motifs is 5. The standard InChI is InChI=1S/C59H50N4/c1-59(2)53-23-11-9-20-49(53)50(54(59)40-42-27-29-44(30-28-42)43-16-5-3-6-17-43)22-15-37-60-45-31-33-46(34-32-45)61-38-39-62(58-26-14-13-25-57(58)61)48-35-36-56-52(41-48)51-21-10-12-24-55(51)63(56)47-18-7-4-8-19-47/h4-5,7-37,40-41,60H,3,6,38-39H2,1-2H3/b37-15+,50-22-,54-40+. The van der Waals surface area contributed by atoms with Gasteiger partial charge in [0.15, 0.2) is 0 Å². The molecule has 3 aliphatic rings. The summed E-state index contributed by atoms with van der Waals surface area (Å²) < 4.78 is 2.38. The Balaban J connectivity index is 0.827. The summed E-state index contributed by atoms with van der Waals surface area (Å²) in [7, 11) is 0. The van der Waals surface area contributed by atoms with Crippen molar-refractivity contribution in [1.29, 1.82) is 0 Å². The van der Waals surface area contributed by atoms with Gasteiger partial charge in [0, 0.05) is 58.2 Å². The van der Waals surface area contributed by atoms with Gasteiger partial charge in [0.25, 0.3) is 0 Å². The third-order valence-electron chi connectivity index (χ3n) is 13.2. The summed E-state index contributed by atoms with van der Waals surface area (Å²) in [6.45, 7) is 6.43. The van der Waals surface area contributed by atoms with Crippen molar-refractivity contribution in [2.45, 2.75) is 32.1 Å². The van der Waals surface area contributed by atoms with E-state index in [0.29, 0.717) is 0 Å². The van der Waals surface area contributed by atoms with Crippen LogP contribution in [0.3, 0.4) is 0 Å². The maximum atomic E-state index is 3.55. The zero-order chi connectivity index (χ0) is 42.3. The van der Waals surface area contributed by atoms with E-state index in [4.69, 9.17) is 0 Å². The van der Waals surface area contributed by atoms with Gasteiger partial charge >= 0.3 is 0 Å². The number of aromatic nitrogens is 1. The summed E-state index contributed by atoms with van der Waals surface area (Å²) >= 11 is 0. The number of benzene rings is 7. The van der Waals surface area contributed by atoms with Gasteiger partial charge in [-0.2, -0.15) is 0 Å². The predicted octanol–water partition coefficient (Wildman–Crippen LogP) is 15.2. The van der Waals surface area contributed by atoms with Gasteiger partial charge in [-0.05, 0) is 131 Å². The number of para-hydroxylation sites is 4. The smallest absolute Gasteiger partial charge is 0.0652 e. The number of hydrogen-bond acceptors (Lipinski definition) is 3. The van der Waals surface area contributed by atoms with Crippen LogP contribution in [0.1, 0.15) is 48.9 Å². The number of nitrogens with one attached hydrogen (secondary N) is 1. The molecule has 11 rings (SSSR count). The van der Waals surface area contributed by atoms with Gasteiger partial charge in [0.05, 0.1) is 22.4 Å². The average molecular weight is 815 g/mol. The van der Waals surface area contributed by atoms with Crippen molar-refractivity contribution in [3.05, 3.63) is 234 Å². The van der Waals surface area contributed by atoms with E-state index in [0.717, 1.165) is 31.6 Å². The Morgan fingerprint density at radius 3 is 2.05 bits per heavy atom. The number of allylic oxidation sites excluding steroid dienone is 8. The molecule has 0 bridgehead atoms. The summed E-state index contributed by atoms with van der Waals surface area (Å²) in [5, 5.41) is 6.08. The van der Waals surface area contributed by atoms with Crippen molar-refractivity contribution in [3.63, 3.8) is 0 Å². The highest BCUT2D eigenvalue weighted by atomic mass is 15.3. The Morgan fingerprint density at radius 1 is 0.587 bits per heavy atom. The molecule has 1 N–H and O–H groups in total. The molecular weight excluding hydrogens is 765 g/mol. The monoisotopic (exact) mass is 814 g/mol. The second kappa shape index (κ2) is 16.0. The molecule has 0 spiro atoms. The van der Waals surface area contributed by atoms with Crippen LogP contribution in [0.15, 0.2) is 212 Å². The van der Waals surface area contributed by atoms with E-state index in [-0.39, 0.29) is 5.41 Å². The molecule has 0 amide bonds. The second-order valence-corrected chi connectivity index (χ2v) is 17.3. The van der Waals surface area contributed by atoms with Crippen LogP contribution in [0.5, 0.6) is 0 Å². The highest BCUT2D eigenvalue weighted by Crippen LogP contribution is 2.50. The first-order chi connectivity index (χ1) is 31.0. The maximum Gasteiger partial charge on any atom is 0.0652 e. The van der Waals surface area contributed by atoms with Crippen LogP contribution >= 0.6 is 0 Å². The lowest BCUT2D eigenvalue weighted by atomic mass is 9.81. The molecule has 7 aromatic carbocycles. The van der Waals surface area contributed by atoms with Gasteiger partial charge in [0.1, 0.15) is 0 Å². The van der Waals surface area contributed by atoms with Gasteiger partial charge in [-0.15, -0.1) is 0 Å². The zero-order valence-corrected chi connectivity index (χ0v) is 35.9. The van der Waals surface area contributed by atoms with Crippen molar-refractivity contribution in [2.75, 3.05) is 28.2 Å². The van der Waals surface area contributed by atoms with Crippen molar-refractivity contribution >= 4 is 67.5 Å². The SMILES string of the molecule is CC1(C)C(=C/c2ccc(C3=CCCC=C3)cc2)/C(=C\C=C\Nc2ccc(N3CCN(c4ccc5c(c4)c4ccccc4n5-c4ccccc4)c4ccccc43)cc2)c2ccccc21. The maximum absolute atomic E-state index is 3.55. The van der Waals surface area contributed by atoms with E-state index in [9.17, 15) is 0 Å². The van der Waals surface area contributed by atoms with E-state index in [1.807, 2.05) is 0 Å². The quantitative estimate of drug-likeness (QED) is 0.165. The summed E-state index contributed by atoms with van der Waals surface area (Å²) in [5.41, 5.74) is 18.4. The third-order valence-corrected chi connectivity index (χ3v) is 13.2. The molecule has 4 nitrogen and oxygen atoms in total. The lowest BCUT2D eigenvalue weighted by Crippen LogP contribution is -2.36. The molecule has 1 aliphatic heterocycles. The highest BCUT2D eigenvalue weighted by Gasteiger charge is 2.37. The predicted molar refractivity (Wildman–Crippen MR) is 269 cm³/mol. The Morgan fingerprint density at radius 2 is 1.27 bits per heavy atom.